The molecule has 1 atom stereocenters. The fraction of sp³-hybridized carbons (Fsp3) is 0.524. The minimum absolute atomic E-state index is 0. The molecule has 1 aromatic heterocycles. The predicted molar refractivity (Wildman–Crippen MR) is 133 cm³/mol. The summed E-state index contributed by atoms with van der Waals surface area (Å²) >= 11 is 1.75. The van der Waals surface area contributed by atoms with Crippen molar-refractivity contribution in [2.24, 2.45) is 4.99 Å². The van der Waals surface area contributed by atoms with Gasteiger partial charge in [0.25, 0.3) is 0 Å². The molecule has 29 heavy (non-hydrogen) atoms. The number of guanidine groups is 1. The van der Waals surface area contributed by atoms with Crippen LogP contribution in [0.3, 0.4) is 0 Å². The SMILES string of the molecule is CN=C(NCCc1csc(N2CCCC2)n1)NC(C)c1cc(C)ccc1OC.I. The zero-order valence-electron chi connectivity index (χ0n) is 17.7. The van der Waals surface area contributed by atoms with Crippen LogP contribution in [0.4, 0.5) is 5.13 Å². The number of anilines is 1. The second-order valence-electron chi connectivity index (χ2n) is 7.18. The quantitative estimate of drug-likeness (QED) is 0.321. The number of hydrogen-bond donors (Lipinski definition) is 2. The van der Waals surface area contributed by atoms with Crippen molar-refractivity contribution in [2.45, 2.75) is 39.2 Å². The number of aryl methyl sites for hydroxylation is 1. The Balaban J connectivity index is 0.00000300. The number of thiazole rings is 1. The maximum atomic E-state index is 5.51. The van der Waals surface area contributed by atoms with Gasteiger partial charge in [0.05, 0.1) is 18.8 Å². The van der Waals surface area contributed by atoms with Gasteiger partial charge in [0.1, 0.15) is 5.75 Å². The van der Waals surface area contributed by atoms with Gasteiger partial charge in [-0.3, -0.25) is 4.99 Å². The first-order valence-corrected chi connectivity index (χ1v) is 10.8. The minimum Gasteiger partial charge on any atom is -0.496 e. The molecule has 1 aliphatic rings. The number of benzene rings is 1. The van der Waals surface area contributed by atoms with Crippen LogP contribution in [-0.2, 0) is 6.42 Å². The maximum absolute atomic E-state index is 5.51. The van der Waals surface area contributed by atoms with Crippen molar-refractivity contribution in [3.63, 3.8) is 0 Å². The van der Waals surface area contributed by atoms with Crippen molar-refractivity contribution < 1.29 is 4.74 Å². The highest BCUT2D eigenvalue weighted by atomic mass is 127. The number of halogens is 1. The van der Waals surface area contributed by atoms with Crippen LogP contribution in [0.15, 0.2) is 28.6 Å². The van der Waals surface area contributed by atoms with Gasteiger partial charge in [0.2, 0.25) is 0 Å². The fourth-order valence-corrected chi connectivity index (χ4v) is 4.36. The zero-order chi connectivity index (χ0) is 19.9. The van der Waals surface area contributed by atoms with Gasteiger partial charge in [-0.15, -0.1) is 35.3 Å². The largest absolute Gasteiger partial charge is 0.496 e. The number of nitrogens with zero attached hydrogens (tertiary/aromatic N) is 3. The van der Waals surface area contributed by atoms with Crippen LogP contribution < -0.4 is 20.3 Å². The molecule has 1 unspecified atom stereocenters. The van der Waals surface area contributed by atoms with E-state index in [4.69, 9.17) is 9.72 Å². The van der Waals surface area contributed by atoms with Gasteiger partial charge in [-0.05, 0) is 32.8 Å². The number of aliphatic imine (C=N–C) groups is 1. The monoisotopic (exact) mass is 529 g/mol. The average molecular weight is 529 g/mol. The molecular formula is C21H32IN5OS. The van der Waals surface area contributed by atoms with E-state index in [2.05, 4.69) is 51.9 Å². The lowest BCUT2D eigenvalue weighted by atomic mass is 10.0. The third kappa shape index (κ3) is 6.47. The second kappa shape index (κ2) is 11.6. The first kappa shape index (κ1) is 23.7. The predicted octanol–water partition coefficient (Wildman–Crippen LogP) is 4.15. The molecule has 0 radical (unpaired) electrons. The number of aromatic nitrogens is 1. The van der Waals surface area contributed by atoms with Crippen LogP contribution in [0.5, 0.6) is 5.75 Å². The molecule has 1 aromatic carbocycles. The third-order valence-corrected chi connectivity index (χ3v) is 5.97. The normalized spacial score (nSPS) is 15.0. The summed E-state index contributed by atoms with van der Waals surface area (Å²) in [5.41, 5.74) is 3.48. The Morgan fingerprint density at radius 1 is 1.34 bits per heavy atom. The summed E-state index contributed by atoms with van der Waals surface area (Å²) in [4.78, 5) is 11.5. The van der Waals surface area contributed by atoms with E-state index in [1.807, 2.05) is 6.07 Å². The summed E-state index contributed by atoms with van der Waals surface area (Å²) < 4.78 is 5.51. The molecule has 1 saturated heterocycles. The van der Waals surface area contributed by atoms with Gasteiger partial charge in [-0.1, -0.05) is 17.7 Å². The van der Waals surface area contributed by atoms with E-state index in [1.54, 1.807) is 25.5 Å². The molecule has 1 aliphatic heterocycles. The Kier molecular flexibility index (Phi) is 9.48. The van der Waals surface area contributed by atoms with Gasteiger partial charge >= 0.3 is 0 Å². The number of ether oxygens (including phenoxy) is 1. The van der Waals surface area contributed by atoms with Gasteiger partial charge in [-0.2, -0.15) is 0 Å². The van der Waals surface area contributed by atoms with Crippen LogP contribution in [0, 0.1) is 6.92 Å². The molecule has 1 fully saturated rings. The summed E-state index contributed by atoms with van der Waals surface area (Å²) in [6, 6.07) is 6.31. The number of methoxy groups -OCH3 is 1. The van der Waals surface area contributed by atoms with Crippen molar-refractivity contribution in [1.29, 1.82) is 0 Å². The molecule has 0 saturated carbocycles. The summed E-state index contributed by atoms with van der Waals surface area (Å²) in [6.45, 7) is 7.28. The molecule has 0 amide bonds. The Bertz CT molecular complexity index is 804. The first-order chi connectivity index (χ1) is 13.6. The van der Waals surface area contributed by atoms with Crippen LogP contribution in [0.2, 0.25) is 0 Å². The third-order valence-electron chi connectivity index (χ3n) is 5.02. The molecule has 160 valence electrons. The molecule has 0 spiro atoms. The minimum atomic E-state index is 0. The van der Waals surface area contributed by atoms with E-state index in [-0.39, 0.29) is 30.0 Å². The molecule has 0 aliphatic carbocycles. The van der Waals surface area contributed by atoms with Crippen molar-refractivity contribution >= 4 is 46.4 Å². The van der Waals surface area contributed by atoms with Crippen molar-refractivity contribution in [3.8, 4) is 5.75 Å². The summed E-state index contributed by atoms with van der Waals surface area (Å²) in [5, 5.41) is 10.2. The highest BCUT2D eigenvalue weighted by molar-refractivity contribution is 14.0. The molecule has 8 heteroatoms. The van der Waals surface area contributed by atoms with Crippen LogP contribution in [0.1, 0.15) is 42.6 Å². The average Bonchev–Trinajstić information content (AvgIpc) is 3.38. The van der Waals surface area contributed by atoms with E-state index in [9.17, 15) is 0 Å². The number of rotatable bonds is 7. The van der Waals surface area contributed by atoms with Crippen molar-refractivity contribution in [1.82, 2.24) is 15.6 Å². The Labute approximate surface area is 195 Å². The summed E-state index contributed by atoms with van der Waals surface area (Å²) in [5.74, 6) is 1.67. The maximum Gasteiger partial charge on any atom is 0.191 e. The van der Waals surface area contributed by atoms with Gasteiger partial charge in [0.15, 0.2) is 11.1 Å². The Morgan fingerprint density at radius 3 is 2.79 bits per heavy atom. The standard InChI is InChI=1S/C21H31N5OS.HI/c1-15-7-8-19(27-4)18(13-15)16(2)24-20(22-3)23-10-9-17-14-28-21(25-17)26-11-5-6-12-26;/h7-8,13-14,16H,5-6,9-12H2,1-4H3,(H2,22,23,24);1H. The van der Waals surface area contributed by atoms with E-state index >= 15 is 0 Å². The molecular weight excluding hydrogens is 497 g/mol. The molecule has 2 N–H and O–H groups in total. The van der Waals surface area contributed by atoms with E-state index in [1.165, 1.54) is 18.4 Å². The highest BCUT2D eigenvalue weighted by Crippen LogP contribution is 2.26. The van der Waals surface area contributed by atoms with Crippen LogP contribution in [0.25, 0.3) is 0 Å². The van der Waals surface area contributed by atoms with E-state index in [0.717, 1.165) is 54.2 Å². The number of nitrogens with one attached hydrogen (secondary N) is 2. The second-order valence-corrected chi connectivity index (χ2v) is 8.01. The highest BCUT2D eigenvalue weighted by Gasteiger charge is 2.16. The molecule has 6 nitrogen and oxygen atoms in total. The van der Waals surface area contributed by atoms with Gasteiger partial charge < -0.3 is 20.3 Å². The summed E-state index contributed by atoms with van der Waals surface area (Å²) in [7, 11) is 3.50. The van der Waals surface area contributed by atoms with Gasteiger partial charge in [-0.25, -0.2) is 4.98 Å². The smallest absolute Gasteiger partial charge is 0.191 e. The van der Waals surface area contributed by atoms with Crippen LogP contribution in [-0.4, -0.2) is 44.7 Å². The molecule has 0 bridgehead atoms. The lowest BCUT2D eigenvalue weighted by Crippen LogP contribution is -2.39. The van der Waals surface area contributed by atoms with Crippen molar-refractivity contribution in [2.75, 3.05) is 38.7 Å². The van der Waals surface area contributed by atoms with E-state index < -0.39 is 0 Å². The lowest BCUT2D eigenvalue weighted by molar-refractivity contribution is 0.405. The molecule has 2 aromatic rings. The Morgan fingerprint density at radius 2 is 2.10 bits per heavy atom. The first-order valence-electron chi connectivity index (χ1n) is 9.91. The van der Waals surface area contributed by atoms with Gasteiger partial charge in [0, 0.05) is 44.0 Å². The molecule has 2 heterocycles. The fourth-order valence-electron chi connectivity index (χ4n) is 3.44. The van der Waals surface area contributed by atoms with Crippen LogP contribution >= 0.6 is 35.3 Å². The Hall–Kier alpha value is -1.55. The summed E-state index contributed by atoms with van der Waals surface area (Å²) in [6.07, 6.45) is 3.44. The molecule has 3 rings (SSSR count). The van der Waals surface area contributed by atoms with Crippen molar-refractivity contribution in [3.05, 3.63) is 40.4 Å². The van der Waals surface area contributed by atoms with E-state index in [0.29, 0.717) is 0 Å². The number of hydrogen-bond acceptors (Lipinski definition) is 5. The lowest BCUT2D eigenvalue weighted by Gasteiger charge is -2.20. The zero-order valence-corrected chi connectivity index (χ0v) is 20.8. The topological polar surface area (TPSA) is 61.8 Å².